The molecule has 134 valence electrons. The fourth-order valence-corrected chi connectivity index (χ4v) is 4.33. The summed E-state index contributed by atoms with van der Waals surface area (Å²) < 4.78 is 5.16. The summed E-state index contributed by atoms with van der Waals surface area (Å²) in [7, 11) is 0. The van der Waals surface area contributed by atoms with Crippen molar-refractivity contribution in [2.75, 3.05) is 6.61 Å². The summed E-state index contributed by atoms with van der Waals surface area (Å²) in [6.45, 7) is 0.142. The molecule has 0 aliphatic heterocycles. The number of carbonyl (C=O) groups excluding carboxylic acids is 2. The van der Waals surface area contributed by atoms with E-state index in [0.29, 0.717) is 17.9 Å². The molecule has 0 saturated carbocycles. The smallest absolute Gasteiger partial charge is 0.339 e. The minimum atomic E-state index is -0.502. The van der Waals surface area contributed by atoms with Crippen molar-refractivity contribution >= 4 is 46.3 Å². The van der Waals surface area contributed by atoms with Gasteiger partial charge in [0.05, 0.1) is 23.3 Å². The Labute approximate surface area is 163 Å². The van der Waals surface area contributed by atoms with E-state index in [1.165, 1.54) is 11.8 Å². The summed E-state index contributed by atoms with van der Waals surface area (Å²) in [6, 6.07) is 11.1. The van der Waals surface area contributed by atoms with Crippen molar-refractivity contribution in [3.05, 3.63) is 68.8 Å². The fraction of sp³-hybridized carbons (Fsp3) is 0.167. The average molecular weight is 405 g/mol. The van der Waals surface area contributed by atoms with E-state index < -0.39 is 5.97 Å². The highest BCUT2D eigenvalue weighted by molar-refractivity contribution is 7.98. The zero-order chi connectivity index (χ0) is 18.2. The number of thioether (sulfide) groups is 1. The Hall–Kier alpha value is -2.16. The fourth-order valence-electron chi connectivity index (χ4n) is 2.08. The van der Waals surface area contributed by atoms with Crippen molar-refractivity contribution in [3.63, 3.8) is 0 Å². The highest BCUT2D eigenvalue weighted by Gasteiger charge is 2.15. The average Bonchev–Trinajstić information content (AvgIpc) is 3.36. The van der Waals surface area contributed by atoms with Gasteiger partial charge >= 0.3 is 5.97 Å². The summed E-state index contributed by atoms with van der Waals surface area (Å²) in [6.07, 6.45) is 0. The van der Waals surface area contributed by atoms with Gasteiger partial charge in [0.2, 0.25) is 0 Å². The van der Waals surface area contributed by atoms with Crippen LogP contribution in [0.25, 0.3) is 0 Å². The number of thiophene rings is 1. The first kappa shape index (κ1) is 18.6. The number of thiazole rings is 1. The van der Waals surface area contributed by atoms with Gasteiger partial charge in [0.15, 0.2) is 6.61 Å². The molecule has 8 heteroatoms. The first-order chi connectivity index (χ1) is 12.7. The van der Waals surface area contributed by atoms with E-state index >= 15 is 0 Å². The quantitative estimate of drug-likeness (QED) is 0.454. The number of rotatable bonds is 8. The zero-order valence-corrected chi connectivity index (χ0v) is 16.2. The van der Waals surface area contributed by atoms with Crippen molar-refractivity contribution in [2.24, 2.45) is 0 Å². The first-order valence-corrected chi connectivity index (χ1v) is 10.6. The topological polar surface area (TPSA) is 68.3 Å². The highest BCUT2D eigenvalue weighted by Crippen LogP contribution is 2.26. The van der Waals surface area contributed by atoms with Crippen LogP contribution in [0.3, 0.4) is 0 Å². The Bertz CT molecular complexity index is 848. The number of ether oxygens (including phenoxy) is 1. The molecule has 1 aromatic carbocycles. The summed E-state index contributed by atoms with van der Waals surface area (Å²) >= 11 is 4.62. The van der Waals surface area contributed by atoms with Crippen LogP contribution in [0, 0.1) is 0 Å². The third kappa shape index (κ3) is 5.42. The second-order valence-electron chi connectivity index (χ2n) is 5.20. The number of hydrogen-bond donors (Lipinski definition) is 1. The molecule has 0 saturated heterocycles. The Morgan fingerprint density at radius 3 is 2.85 bits per heavy atom. The number of amides is 1. The van der Waals surface area contributed by atoms with Crippen molar-refractivity contribution in [3.8, 4) is 0 Å². The number of nitrogens with zero attached hydrogens (tertiary/aromatic N) is 1. The van der Waals surface area contributed by atoms with Crippen LogP contribution in [0.1, 0.15) is 20.9 Å². The van der Waals surface area contributed by atoms with Gasteiger partial charge in [-0.15, -0.1) is 34.4 Å². The molecule has 26 heavy (non-hydrogen) atoms. The largest absolute Gasteiger partial charge is 0.452 e. The molecule has 0 atom stereocenters. The van der Waals surface area contributed by atoms with Crippen LogP contribution in [-0.2, 0) is 21.8 Å². The third-order valence-corrected chi connectivity index (χ3v) is 5.96. The third-order valence-electron chi connectivity index (χ3n) is 3.34. The molecular formula is C18H16N2O3S3. The van der Waals surface area contributed by atoms with E-state index in [1.807, 2.05) is 35.0 Å². The first-order valence-electron chi connectivity index (χ1n) is 7.77. The number of aromatic nitrogens is 1. The molecule has 2 heterocycles. The van der Waals surface area contributed by atoms with Crippen molar-refractivity contribution in [1.82, 2.24) is 10.3 Å². The molecule has 2 aromatic heterocycles. The lowest BCUT2D eigenvalue weighted by molar-refractivity contribution is -0.124. The lowest BCUT2D eigenvalue weighted by Gasteiger charge is -2.09. The zero-order valence-electron chi connectivity index (χ0n) is 13.7. The van der Waals surface area contributed by atoms with Gasteiger partial charge in [0.25, 0.3) is 5.91 Å². The summed E-state index contributed by atoms with van der Waals surface area (Å²) in [5.41, 5.74) is 3.21. The van der Waals surface area contributed by atoms with Crippen molar-refractivity contribution < 1.29 is 14.3 Å². The monoisotopic (exact) mass is 404 g/mol. The van der Waals surface area contributed by atoms with Crippen molar-refractivity contribution in [2.45, 2.75) is 17.2 Å². The standard InChI is InChI=1S/C18H16N2O3S3/c21-17(19-8-14-4-3-7-25-14)9-23-18(22)15-5-1-2-6-16(15)26-11-13-10-24-12-20-13/h1-7,10,12H,8-9,11H2,(H,19,21). The number of carbonyl (C=O) groups is 2. The summed E-state index contributed by atoms with van der Waals surface area (Å²) in [5.74, 6) is -0.147. The predicted molar refractivity (Wildman–Crippen MR) is 105 cm³/mol. The molecule has 1 N–H and O–H groups in total. The number of benzene rings is 1. The van der Waals surface area contributed by atoms with E-state index in [9.17, 15) is 9.59 Å². The second kappa shape index (κ2) is 9.51. The van der Waals surface area contributed by atoms with E-state index in [2.05, 4.69) is 10.3 Å². The maximum atomic E-state index is 12.3. The molecule has 0 spiro atoms. The van der Waals surface area contributed by atoms with E-state index in [0.717, 1.165) is 15.5 Å². The van der Waals surface area contributed by atoms with Gasteiger partial charge < -0.3 is 10.1 Å². The molecule has 3 aromatic rings. The van der Waals surface area contributed by atoms with Gasteiger partial charge in [0.1, 0.15) is 0 Å². The molecule has 0 radical (unpaired) electrons. The molecule has 0 aliphatic carbocycles. The van der Waals surface area contributed by atoms with Crippen LogP contribution in [0.4, 0.5) is 0 Å². The molecular weight excluding hydrogens is 388 g/mol. The number of nitrogens with one attached hydrogen (secondary N) is 1. The molecule has 1 amide bonds. The lowest BCUT2D eigenvalue weighted by atomic mass is 10.2. The molecule has 5 nitrogen and oxygen atoms in total. The lowest BCUT2D eigenvalue weighted by Crippen LogP contribution is -2.28. The van der Waals surface area contributed by atoms with Gasteiger partial charge in [-0.3, -0.25) is 4.79 Å². The van der Waals surface area contributed by atoms with Crippen LogP contribution in [0.15, 0.2) is 57.6 Å². The molecule has 0 unspecified atom stereocenters. The highest BCUT2D eigenvalue weighted by atomic mass is 32.2. The van der Waals surface area contributed by atoms with Crippen LogP contribution in [0.5, 0.6) is 0 Å². The van der Waals surface area contributed by atoms with Crippen LogP contribution < -0.4 is 5.32 Å². The van der Waals surface area contributed by atoms with Crippen LogP contribution in [0.2, 0.25) is 0 Å². The number of esters is 1. The Balaban J connectivity index is 1.51. The molecule has 0 aliphatic rings. The van der Waals surface area contributed by atoms with Crippen LogP contribution in [-0.4, -0.2) is 23.5 Å². The Morgan fingerprint density at radius 2 is 2.08 bits per heavy atom. The summed E-state index contributed by atoms with van der Waals surface area (Å²) in [5, 5.41) is 6.66. The van der Waals surface area contributed by atoms with E-state index in [1.54, 1.807) is 40.3 Å². The Morgan fingerprint density at radius 1 is 1.19 bits per heavy atom. The second-order valence-corrected chi connectivity index (χ2v) is 7.96. The van der Waals surface area contributed by atoms with Gasteiger partial charge in [-0.1, -0.05) is 18.2 Å². The maximum Gasteiger partial charge on any atom is 0.339 e. The van der Waals surface area contributed by atoms with Gasteiger partial charge in [0, 0.05) is 20.9 Å². The van der Waals surface area contributed by atoms with Crippen LogP contribution >= 0.6 is 34.4 Å². The molecule has 0 bridgehead atoms. The van der Waals surface area contributed by atoms with Gasteiger partial charge in [-0.2, -0.15) is 0 Å². The summed E-state index contributed by atoms with van der Waals surface area (Å²) in [4.78, 5) is 30.3. The minimum Gasteiger partial charge on any atom is -0.452 e. The van der Waals surface area contributed by atoms with E-state index in [4.69, 9.17) is 4.74 Å². The molecule has 3 rings (SSSR count). The van der Waals surface area contributed by atoms with Gasteiger partial charge in [-0.25, -0.2) is 9.78 Å². The molecule has 0 fully saturated rings. The van der Waals surface area contributed by atoms with Crippen molar-refractivity contribution in [1.29, 1.82) is 0 Å². The Kier molecular flexibility index (Phi) is 6.82. The predicted octanol–water partition coefficient (Wildman–Crippen LogP) is 3.97. The maximum absolute atomic E-state index is 12.3. The minimum absolute atomic E-state index is 0.296. The van der Waals surface area contributed by atoms with Gasteiger partial charge in [-0.05, 0) is 23.6 Å². The number of hydrogen-bond acceptors (Lipinski definition) is 7. The van der Waals surface area contributed by atoms with E-state index in [-0.39, 0.29) is 12.5 Å². The SMILES string of the molecule is O=C(COC(=O)c1ccccc1SCc1cscn1)NCc1cccs1. The normalized spacial score (nSPS) is 10.5.